The van der Waals surface area contributed by atoms with Gasteiger partial charge in [0.2, 0.25) is 0 Å². The molecule has 2 aromatic rings. The number of benzene rings is 1. The van der Waals surface area contributed by atoms with Gasteiger partial charge in [0.25, 0.3) is 11.5 Å². The first kappa shape index (κ1) is 26.0. The summed E-state index contributed by atoms with van der Waals surface area (Å²) in [4.78, 5) is 73.9. The van der Waals surface area contributed by atoms with E-state index in [1.54, 1.807) is 18.2 Å². The summed E-state index contributed by atoms with van der Waals surface area (Å²) >= 11 is 3.05. The molecule has 1 saturated heterocycles. The molecule has 1 aliphatic rings. The Morgan fingerprint density at radius 3 is 2.11 bits per heavy atom. The Morgan fingerprint density at radius 1 is 0.943 bits per heavy atom. The Labute approximate surface area is 206 Å². The van der Waals surface area contributed by atoms with E-state index in [1.165, 1.54) is 12.1 Å². The minimum absolute atomic E-state index is 0.0748. The summed E-state index contributed by atoms with van der Waals surface area (Å²) in [5.74, 6) is -3.08. The zero-order valence-electron chi connectivity index (χ0n) is 18.8. The molecule has 4 atom stereocenters. The molecule has 0 bridgehead atoms. The average molecular weight is 553 g/mol. The van der Waals surface area contributed by atoms with Crippen LogP contribution in [0.15, 0.2) is 50.6 Å². The number of rotatable bonds is 6. The molecule has 1 aromatic carbocycles. The predicted octanol–water partition coefficient (Wildman–Crippen LogP) is 0.785. The lowest BCUT2D eigenvalue weighted by molar-refractivity contribution is -0.166. The number of halogens is 1. The van der Waals surface area contributed by atoms with Crippen LogP contribution < -0.4 is 11.2 Å². The van der Waals surface area contributed by atoms with E-state index in [0.29, 0.717) is 4.57 Å². The van der Waals surface area contributed by atoms with E-state index in [9.17, 15) is 28.8 Å². The second kappa shape index (κ2) is 10.8. The molecule has 13 heteroatoms. The van der Waals surface area contributed by atoms with E-state index in [4.69, 9.17) is 18.9 Å². The third kappa shape index (κ3) is 5.74. The maximum Gasteiger partial charge on any atom is 0.340 e. The van der Waals surface area contributed by atoms with Crippen molar-refractivity contribution in [2.24, 2.45) is 0 Å². The fraction of sp³-hybridized carbons (Fsp3) is 0.364. The van der Waals surface area contributed by atoms with Crippen LogP contribution in [-0.4, -0.2) is 57.9 Å². The molecule has 0 saturated carbocycles. The Kier molecular flexibility index (Phi) is 8.02. The number of ether oxygens (including phenoxy) is 4. The molecule has 12 nitrogen and oxygen atoms in total. The minimum Gasteiger partial charge on any atom is -0.463 e. The monoisotopic (exact) mass is 552 g/mol. The highest BCUT2D eigenvalue weighted by atomic mass is 79.9. The zero-order valence-corrected chi connectivity index (χ0v) is 20.4. The van der Waals surface area contributed by atoms with Gasteiger partial charge in [-0.1, -0.05) is 18.2 Å². The standard InChI is InChI=1S/C22H21BrN2O10/c1-11(26)32-10-16-17(33-12(2)27)18(34-13(3)28)21(35-16)24-9-15(23)20(30)25(22(24)31)19(29)14-7-5-4-6-8-14/h4-9,16-18,21H,10H2,1-3H3/t16-,17-,18-,21-/m1/s1. The quantitative estimate of drug-likeness (QED) is 0.371. The van der Waals surface area contributed by atoms with E-state index >= 15 is 0 Å². The van der Waals surface area contributed by atoms with Crippen LogP contribution in [0.3, 0.4) is 0 Å². The maximum absolute atomic E-state index is 13.3. The molecule has 3 rings (SSSR count). The fourth-order valence-electron chi connectivity index (χ4n) is 3.53. The van der Waals surface area contributed by atoms with Gasteiger partial charge >= 0.3 is 23.6 Å². The van der Waals surface area contributed by atoms with Crippen molar-refractivity contribution in [1.82, 2.24) is 9.13 Å². The predicted molar refractivity (Wildman–Crippen MR) is 120 cm³/mol. The molecule has 1 fully saturated rings. The molecular weight excluding hydrogens is 532 g/mol. The van der Waals surface area contributed by atoms with E-state index in [1.807, 2.05) is 0 Å². The lowest BCUT2D eigenvalue weighted by Crippen LogP contribution is -2.47. The highest BCUT2D eigenvalue weighted by molar-refractivity contribution is 9.10. The van der Waals surface area contributed by atoms with Gasteiger partial charge in [0, 0.05) is 32.5 Å². The summed E-state index contributed by atoms with van der Waals surface area (Å²) in [6.07, 6.45) is -4.15. The smallest absolute Gasteiger partial charge is 0.340 e. The second-order valence-electron chi connectivity index (χ2n) is 7.49. The summed E-state index contributed by atoms with van der Waals surface area (Å²) in [6.45, 7) is 2.98. The highest BCUT2D eigenvalue weighted by Gasteiger charge is 2.51. The SMILES string of the molecule is CC(=O)OC[C@H]1O[C@@H](n2cc(Br)c(=O)n(C(=O)c3ccccc3)c2=O)[C@H](OC(C)=O)[C@@H]1OC(C)=O. The largest absolute Gasteiger partial charge is 0.463 e. The summed E-state index contributed by atoms with van der Waals surface area (Å²) in [5, 5.41) is 0. The Bertz CT molecular complexity index is 1270. The molecular formula is C22H21BrN2O10. The van der Waals surface area contributed by atoms with Gasteiger partial charge in [-0.25, -0.2) is 4.79 Å². The number of carbonyl (C=O) groups excluding carboxylic acids is 4. The summed E-state index contributed by atoms with van der Waals surface area (Å²) < 4.78 is 22.5. The van der Waals surface area contributed by atoms with E-state index in [-0.39, 0.29) is 16.6 Å². The molecule has 0 unspecified atom stereocenters. The van der Waals surface area contributed by atoms with Crippen LogP contribution in [0.5, 0.6) is 0 Å². The molecule has 0 spiro atoms. The van der Waals surface area contributed by atoms with Crippen molar-refractivity contribution in [3.05, 3.63) is 67.4 Å². The van der Waals surface area contributed by atoms with Gasteiger partial charge in [-0.05, 0) is 28.1 Å². The molecule has 1 aliphatic heterocycles. The van der Waals surface area contributed by atoms with Gasteiger partial charge in [-0.3, -0.25) is 28.5 Å². The molecule has 35 heavy (non-hydrogen) atoms. The fourth-order valence-corrected chi connectivity index (χ4v) is 3.93. The van der Waals surface area contributed by atoms with E-state index in [0.717, 1.165) is 31.5 Å². The topological polar surface area (TPSA) is 149 Å². The number of nitrogens with zero attached hydrogens (tertiary/aromatic N) is 2. The van der Waals surface area contributed by atoms with Crippen molar-refractivity contribution >= 4 is 39.7 Å². The first-order valence-electron chi connectivity index (χ1n) is 10.3. The number of esters is 3. The number of hydrogen-bond acceptors (Lipinski definition) is 10. The van der Waals surface area contributed by atoms with Crippen LogP contribution in [0.1, 0.15) is 37.4 Å². The van der Waals surface area contributed by atoms with Crippen molar-refractivity contribution in [2.75, 3.05) is 6.61 Å². The Morgan fingerprint density at radius 2 is 1.54 bits per heavy atom. The normalized spacial score (nSPS) is 21.3. The second-order valence-corrected chi connectivity index (χ2v) is 8.35. The van der Waals surface area contributed by atoms with Gasteiger partial charge in [0.15, 0.2) is 18.4 Å². The van der Waals surface area contributed by atoms with Gasteiger partial charge in [0.05, 0.1) is 4.47 Å². The number of hydrogen-bond donors (Lipinski definition) is 0. The van der Waals surface area contributed by atoms with E-state index < -0.39 is 59.6 Å². The van der Waals surface area contributed by atoms with Crippen LogP contribution >= 0.6 is 15.9 Å². The van der Waals surface area contributed by atoms with Gasteiger partial charge in [-0.2, -0.15) is 4.57 Å². The molecule has 0 N–H and O–H groups in total. The van der Waals surface area contributed by atoms with Crippen LogP contribution in [0.2, 0.25) is 0 Å². The number of aromatic nitrogens is 2. The van der Waals surface area contributed by atoms with Crippen molar-refractivity contribution in [2.45, 2.75) is 45.3 Å². The molecule has 0 amide bonds. The Hall–Kier alpha value is -3.58. The van der Waals surface area contributed by atoms with Crippen molar-refractivity contribution in [1.29, 1.82) is 0 Å². The molecule has 0 radical (unpaired) electrons. The summed E-state index contributed by atoms with van der Waals surface area (Å²) in [7, 11) is 0. The van der Waals surface area contributed by atoms with Crippen LogP contribution in [0, 0.1) is 0 Å². The Balaban J connectivity index is 2.14. The van der Waals surface area contributed by atoms with Crippen molar-refractivity contribution < 1.29 is 38.1 Å². The minimum atomic E-state index is -1.44. The first-order valence-corrected chi connectivity index (χ1v) is 11.1. The molecule has 0 aliphatic carbocycles. The zero-order chi connectivity index (χ0) is 25.9. The third-order valence-electron chi connectivity index (χ3n) is 4.91. The van der Waals surface area contributed by atoms with Gasteiger partial charge in [0.1, 0.15) is 12.7 Å². The molecule has 1 aromatic heterocycles. The van der Waals surface area contributed by atoms with Gasteiger partial charge in [-0.15, -0.1) is 0 Å². The van der Waals surface area contributed by atoms with Crippen molar-refractivity contribution in [3.8, 4) is 0 Å². The molecule has 186 valence electrons. The van der Waals surface area contributed by atoms with Crippen molar-refractivity contribution in [3.63, 3.8) is 0 Å². The lowest BCUT2D eigenvalue weighted by atomic mass is 10.1. The van der Waals surface area contributed by atoms with Crippen LogP contribution in [0.25, 0.3) is 0 Å². The summed E-state index contributed by atoms with van der Waals surface area (Å²) in [5.41, 5.74) is -1.94. The first-order chi connectivity index (χ1) is 16.5. The maximum atomic E-state index is 13.3. The molecule has 2 heterocycles. The highest BCUT2D eigenvalue weighted by Crippen LogP contribution is 2.34. The lowest BCUT2D eigenvalue weighted by Gasteiger charge is -2.24. The van der Waals surface area contributed by atoms with Gasteiger partial charge < -0.3 is 18.9 Å². The van der Waals surface area contributed by atoms with Crippen LogP contribution in [0.4, 0.5) is 0 Å². The van der Waals surface area contributed by atoms with E-state index in [2.05, 4.69) is 15.9 Å². The average Bonchev–Trinajstić information content (AvgIpc) is 3.11. The number of carbonyl (C=O) groups is 4. The third-order valence-corrected chi connectivity index (χ3v) is 5.45. The van der Waals surface area contributed by atoms with Crippen LogP contribution in [-0.2, 0) is 33.3 Å². The summed E-state index contributed by atoms with van der Waals surface area (Å²) in [6, 6.07) is 7.65.